The Bertz CT molecular complexity index is 587. The zero-order valence-electron chi connectivity index (χ0n) is 12.5. The summed E-state index contributed by atoms with van der Waals surface area (Å²) < 4.78 is 5.86. The van der Waals surface area contributed by atoms with Crippen LogP contribution in [0.15, 0.2) is 30.3 Å². The third kappa shape index (κ3) is 4.43. The Hall–Kier alpha value is -2.14. The van der Waals surface area contributed by atoms with Crippen LogP contribution in [0.2, 0.25) is 0 Å². The average molecular weight is 287 g/mol. The van der Waals surface area contributed by atoms with E-state index in [0.717, 1.165) is 24.3 Å². The molecule has 0 saturated heterocycles. The number of ether oxygens (including phenoxy) is 1. The average Bonchev–Trinajstić information content (AvgIpc) is 2.47. The summed E-state index contributed by atoms with van der Waals surface area (Å²) in [6.45, 7) is 4.89. The van der Waals surface area contributed by atoms with Crippen molar-refractivity contribution in [3.05, 3.63) is 41.7 Å². The second-order valence-electron chi connectivity index (χ2n) is 4.75. The molecule has 0 bridgehead atoms. The van der Waals surface area contributed by atoms with E-state index in [1.807, 2.05) is 31.2 Å². The van der Waals surface area contributed by atoms with Gasteiger partial charge in [-0.3, -0.25) is 0 Å². The highest BCUT2D eigenvalue weighted by Crippen LogP contribution is 2.25. The van der Waals surface area contributed by atoms with Gasteiger partial charge in [-0.25, -0.2) is 4.98 Å². The van der Waals surface area contributed by atoms with E-state index in [0.29, 0.717) is 23.9 Å². The SMILES string of the molecule is CCCNc1cc(Oc2ccccc2CCO)nc(C)n1. The van der Waals surface area contributed by atoms with Crippen LogP contribution in [0.4, 0.5) is 5.82 Å². The first-order valence-electron chi connectivity index (χ1n) is 7.19. The van der Waals surface area contributed by atoms with Crippen LogP contribution in [0.1, 0.15) is 24.7 Å². The standard InChI is InChI=1S/C16H21N3O2/c1-3-9-17-15-11-16(19-12(2)18-15)21-14-7-5-4-6-13(14)8-10-20/h4-7,11,20H,3,8-10H2,1-2H3,(H,17,18,19). The molecule has 5 heteroatoms. The van der Waals surface area contributed by atoms with Gasteiger partial charge < -0.3 is 15.2 Å². The molecular formula is C16H21N3O2. The van der Waals surface area contributed by atoms with Crippen molar-refractivity contribution in [1.29, 1.82) is 0 Å². The van der Waals surface area contributed by atoms with Crippen LogP contribution in [-0.4, -0.2) is 28.2 Å². The molecule has 5 nitrogen and oxygen atoms in total. The van der Waals surface area contributed by atoms with E-state index in [1.165, 1.54) is 0 Å². The Morgan fingerprint density at radius 1 is 1.24 bits per heavy atom. The third-order valence-electron chi connectivity index (χ3n) is 2.94. The minimum Gasteiger partial charge on any atom is -0.439 e. The molecule has 0 aliphatic heterocycles. The molecule has 1 aromatic carbocycles. The number of nitrogens with zero attached hydrogens (tertiary/aromatic N) is 2. The highest BCUT2D eigenvalue weighted by atomic mass is 16.5. The zero-order chi connectivity index (χ0) is 15.1. The fourth-order valence-electron chi connectivity index (χ4n) is 1.98. The van der Waals surface area contributed by atoms with Gasteiger partial charge in [0.1, 0.15) is 17.4 Å². The van der Waals surface area contributed by atoms with Crippen molar-refractivity contribution in [3.8, 4) is 11.6 Å². The van der Waals surface area contributed by atoms with Gasteiger partial charge in [0, 0.05) is 19.2 Å². The lowest BCUT2D eigenvalue weighted by atomic mass is 10.1. The summed E-state index contributed by atoms with van der Waals surface area (Å²) in [6.07, 6.45) is 1.58. The molecule has 0 aliphatic carbocycles. The summed E-state index contributed by atoms with van der Waals surface area (Å²) in [5.74, 6) is 2.64. The van der Waals surface area contributed by atoms with Crippen molar-refractivity contribution in [2.45, 2.75) is 26.7 Å². The number of aryl methyl sites for hydroxylation is 1. The van der Waals surface area contributed by atoms with Gasteiger partial charge in [-0.05, 0) is 31.4 Å². The number of anilines is 1. The molecule has 21 heavy (non-hydrogen) atoms. The molecular weight excluding hydrogens is 266 g/mol. The molecule has 2 N–H and O–H groups in total. The molecule has 1 aromatic heterocycles. The molecule has 0 atom stereocenters. The first-order valence-corrected chi connectivity index (χ1v) is 7.19. The number of hydrogen-bond acceptors (Lipinski definition) is 5. The molecule has 0 radical (unpaired) electrons. The van der Waals surface area contributed by atoms with E-state index in [2.05, 4.69) is 22.2 Å². The summed E-state index contributed by atoms with van der Waals surface area (Å²) in [4.78, 5) is 8.63. The molecule has 2 rings (SSSR count). The van der Waals surface area contributed by atoms with Crippen molar-refractivity contribution in [2.75, 3.05) is 18.5 Å². The monoisotopic (exact) mass is 287 g/mol. The fraction of sp³-hybridized carbons (Fsp3) is 0.375. The highest BCUT2D eigenvalue weighted by Gasteiger charge is 2.07. The quantitative estimate of drug-likeness (QED) is 0.819. The third-order valence-corrected chi connectivity index (χ3v) is 2.94. The van der Waals surface area contributed by atoms with Crippen molar-refractivity contribution >= 4 is 5.82 Å². The Balaban J connectivity index is 2.21. The summed E-state index contributed by atoms with van der Waals surface area (Å²) in [5.41, 5.74) is 0.958. The fourth-order valence-corrected chi connectivity index (χ4v) is 1.98. The summed E-state index contributed by atoms with van der Waals surface area (Å²) in [5, 5.41) is 12.3. The van der Waals surface area contributed by atoms with Gasteiger partial charge in [0.15, 0.2) is 0 Å². The number of rotatable bonds is 7. The van der Waals surface area contributed by atoms with Crippen LogP contribution in [0.5, 0.6) is 11.6 Å². The number of para-hydroxylation sites is 1. The van der Waals surface area contributed by atoms with Crippen LogP contribution < -0.4 is 10.1 Å². The number of nitrogens with one attached hydrogen (secondary N) is 1. The number of aliphatic hydroxyl groups excluding tert-OH is 1. The van der Waals surface area contributed by atoms with E-state index in [-0.39, 0.29) is 6.61 Å². The number of benzene rings is 1. The van der Waals surface area contributed by atoms with Crippen molar-refractivity contribution < 1.29 is 9.84 Å². The van der Waals surface area contributed by atoms with E-state index in [9.17, 15) is 0 Å². The zero-order valence-corrected chi connectivity index (χ0v) is 12.5. The molecule has 0 unspecified atom stereocenters. The second kappa shape index (κ2) is 7.59. The highest BCUT2D eigenvalue weighted by molar-refractivity contribution is 5.41. The normalized spacial score (nSPS) is 10.4. The summed E-state index contributed by atoms with van der Waals surface area (Å²) >= 11 is 0. The predicted octanol–water partition coefficient (Wildman–Crippen LogP) is 2.93. The molecule has 0 aliphatic rings. The first kappa shape index (κ1) is 15.3. The van der Waals surface area contributed by atoms with Crippen molar-refractivity contribution in [2.24, 2.45) is 0 Å². The maximum Gasteiger partial charge on any atom is 0.224 e. The van der Waals surface area contributed by atoms with Crippen molar-refractivity contribution in [1.82, 2.24) is 9.97 Å². The van der Waals surface area contributed by atoms with Gasteiger partial charge in [0.05, 0.1) is 0 Å². The van der Waals surface area contributed by atoms with E-state index in [4.69, 9.17) is 9.84 Å². The van der Waals surface area contributed by atoms with Crippen LogP contribution in [0, 0.1) is 6.92 Å². The Labute approximate surface area is 125 Å². The molecule has 0 fully saturated rings. The van der Waals surface area contributed by atoms with Gasteiger partial charge in [0.25, 0.3) is 0 Å². The molecule has 2 aromatic rings. The maximum absolute atomic E-state index is 9.10. The van der Waals surface area contributed by atoms with Crippen LogP contribution in [0.25, 0.3) is 0 Å². The van der Waals surface area contributed by atoms with Gasteiger partial charge in [-0.1, -0.05) is 25.1 Å². The lowest BCUT2D eigenvalue weighted by molar-refractivity contribution is 0.297. The van der Waals surface area contributed by atoms with Crippen LogP contribution in [-0.2, 0) is 6.42 Å². The number of hydrogen-bond donors (Lipinski definition) is 2. The van der Waals surface area contributed by atoms with Gasteiger partial charge in [-0.15, -0.1) is 0 Å². The van der Waals surface area contributed by atoms with E-state index >= 15 is 0 Å². The lowest BCUT2D eigenvalue weighted by Gasteiger charge is -2.11. The Kier molecular flexibility index (Phi) is 5.51. The number of aromatic nitrogens is 2. The van der Waals surface area contributed by atoms with Gasteiger partial charge >= 0.3 is 0 Å². The largest absolute Gasteiger partial charge is 0.439 e. The molecule has 1 heterocycles. The van der Waals surface area contributed by atoms with Crippen molar-refractivity contribution in [3.63, 3.8) is 0 Å². The van der Waals surface area contributed by atoms with E-state index in [1.54, 1.807) is 6.07 Å². The molecule has 0 spiro atoms. The molecule has 0 saturated carbocycles. The maximum atomic E-state index is 9.10. The van der Waals surface area contributed by atoms with E-state index < -0.39 is 0 Å². The van der Waals surface area contributed by atoms with Gasteiger partial charge in [-0.2, -0.15) is 4.98 Å². The Morgan fingerprint density at radius 2 is 2.05 bits per heavy atom. The van der Waals surface area contributed by atoms with Crippen LogP contribution >= 0.6 is 0 Å². The molecule has 0 amide bonds. The smallest absolute Gasteiger partial charge is 0.224 e. The second-order valence-corrected chi connectivity index (χ2v) is 4.75. The lowest BCUT2D eigenvalue weighted by Crippen LogP contribution is -2.04. The molecule has 112 valence electrons. The predicted molar refractivity (Wildman–Crippen MR) is 82.9 cm³/mol. The Morgan fingerprint density at radius 3 is 2.81 bits per heavy atom. The summed E-state index contributed by atoms with van der Waals surface area (Å²) in [7, 11) is 0. The first-order chi connectivity index (χ1) is 10.2. The van der Waals surface area contributed by atoms with Gasteiger partial charge in [0.2, 0.25) is 5.88 Å². The number of aliphatic hydroxyl groups is 1. The summed E-state index contributed by atoms with van der Waals surface area (Å²) in [6, 6.07) is 9.44. The minimum absolute atomic E-state index is 0.0898. The van der Waals surface area contributed by atoms with Crippen LogP contribution in [0.3, 0.4) is 0 Å². The topological polar surface area (TPSA) is 67.3 Å². The minimum atomic E-state index is 0.0898.